The Kier molecular flexibility index (Phi) is 3.93. The van der Waals surface area contributed by atoms with Gasteiger partial charge in [-0.2, -0.15) is 0 Å². The van der Waals surface area contributed by atoms with Gasteiger partial charge >= 0.3 is 0 Å². The first kappa shape index (κ1) is 15.7. The second-order valence-corrected chi connectivity index (χ2v) is 7.28. The van der Waals surface area contributed by atoms with Crippen LogP contribution in [-0.2, 0) is 16.4 Å². The number of nitrogens with zero attached hydrogens (tertiary/aromatic N) is 1. The highest BCUT2D eigenvalue weighted by atomic mass is 32.2. The maximum absolute atomic E-state index is 13.2. The Morgan fingerprint density at radius 3 is 2.52 bits per heavy atom. The average Bonchev–Trinajstić information content (AvgIpc) is 2.90. The van der Waals surface area contributed by atoms with Gasteiger partial charge in [-0.15, -0.1) is 0 Å². The van der Waals surface area contributed by atoms with Crippen molar-refractivity contribution in [3.63, 3.8) is 0 Å². The van der Waals surface area contributed by atoms with Crippen LogP contribution in [0.5, 0.6) is 11.5 Å². The molecule has 0 fully saturated rings. The topological polar surface area (TPSA) is 55.8 Å². The number of sulfonamides is 1. The van der Waals surface area contributed by atoms with E-state index in [2.05, 4.69) is 0 Å². The Morgan fingerprint density at radius 2 is 1.83 bits per heavy atom. The summed E-state index contributed by atoms with van der Waals surface area (Å²) in [5, 5.41) is 0. The number of benzene rings is 2. The molecule has 0 spiro atoms. The molecule has 0 unspecified atom stereocenters. The van der Waals surface area contributed by atoms with Crippen LogP contribution in [0, 0.1) is 0 Å². The highest BCUT2D eigenvalue weighted by molar-refractivity contribution is 7.93. The Labute approximate surface area is 136 Å². The first-order valence-electron chi connectivity index (χ1n) is 7.33. The molecule has 1 atom stereocenters. The summed E-state index contributed by atoms with van der Waals surface area (Å²) in [7, 11) is -0.733. The maximum Gasteiger partial charge on any atom is 0.268 e. The fourth-order valence-electron chi connectivity index (χ4n) is 3.00. The SMILES string of the molecule is COc1ccc(S(=O)(=O)N2c3ccccc3C[C@H]2C)c(OC)c1. The van der Waals surface area contributed by atoms with Crippen LogP contribution < -0.4 is 13.8 Å². The van der Waals surface area contributed by atoms with E-state index in [0.717, 1.165) is 11.3 Å². The van der Waals surface area contributed by atoms with Gasteiger partial charge in [-0.25, -0.2) is 8.42 Å². The lowest BCUT2D eigenvalue weighted by molar-refractivity contribution is 0.386. The standard InChI is InChI=1S/C17H19NO4S/c1-12-10-13-6-4-5-7-15(13)18(12)23(19,20)17-9-8-14(21-2)11-16(17)22-3/h4-9,11-12H,10H2,1-3H3/t12-/m1/s1. The molecular formula is C17H19NO4S. The van der Waals surface area contributed by atoms with E-state index >= 15 is 0 Å². The Bertz CT molecular complexity index is 832. The van der Waals surface area contributed by atoms with E-state index in [4.69, 9.17) is 9.47 Å². The fourth-order valence-corrected chi connectivity index (χ4v) is 4.83. The molecule has 1 aliphatic heterocycles. The van der Waals surface area contributed by atoms with Crippen LogP contribution in [0.4, 0.5) is 5.69 Å². The molecule has 1 heterocycles. The molecule has 0 amide bonds. The number of hydrogen-bond donors (Lipinski definition) is 0. The van der Waals surface area contributed by atoms with Crippen LogP contribution in [0.15, 0.2) is 47.4 Å². The number of ether oxygens (including phenoxy) is 2. The number of para-hydroxylation sites is 1. The molecule has 23 heavy (non-hydrogen) atoms. The van der Waals surface area contributed by atoms with Gasteiger partial charge in [0.25, 0.3) is 10.0 Å². The molecule has 0 saturated carbocycles. The van der Waals surface area contributed by atoms with Crippen LogP contribution in [0.3, 0.4) is 0 Å². The van der Waals surface area contributed by atoms with Gasteiger partial charge in [0, 0.05) is 12.1 Å². The first-order chi connectivity index (χ1) is 11.0. The van der Waals surface area contributed by atoms with Crippen molar-refractivity contribution < 1.29 is 17.9 Å². The predicted octanol–water partition coefficient (Wildman–Crippen LogP) is 2.84. The summed E-state index contributed by atoms with van der Waals surface area (Å²) in [5.74, 6) is 0.830. The molecular weight excluding hydrogens is 314 g/mol. The van der Waals surface area contributed by atoms with Crippen LogP contribution >= 0.6 is 0 Å². The molecule has 0 aliphatic carbocycles. The van der Waals surface area contributed by atoms with E-state index in [0.29, 0.717) is 12.2 Å². The quantitative estimate of drug-likeness (QED) is 0.863. The lowest BCUT2D eigenvalue weighted by Crippen LogP contribution is -2.35. The fraction of sp³-hybridized carbons (Fsp3) is 0.294. The van der Waals surface area contributed by atoms with Crippen molar-refractivity contribution in [2.75, 3.05) is 18.5 Å². The van der Waals surface area contributed by atoms with Crippen LogP contribution in [0.2, 0.25) is 0 Å². The molecule has 0 N–H and O–H groups in total. The predicted molar refractivity (Wildman–Crippen MR) is 88.8 cm³/mol. The van der Waals surface area contributed by atoms with Crippen molar-refractivity contribution in [1.82, 2.24) is 0 Å². The summed E-state index contributed by atoms with van der Waals surface area (Å²) in [4.78, 5) is 0.143. The summed E-state index contributed by atoms with van der Waals surface area (Å²) >= 11 is 0. The van der Waals surface area contributed by atoms with E-state index in [1.807, 2.05) is 31.2 Å². The third-order valence-corrected chi connectivity index (χ3v) is 6.02. The molecule has 2 aromatic carbocycles. The van der Waals surface area contributed by atoms with Gasteiger partial charge in [-0.1, -0.05) is 18.2 Å². The van der Waals surface area contributed by atoms with Crippen LogP contribution in [0.1, 0.15) is 12.5 Å². The average molecular weight is 333 g/mol. The summed E-state index contributed by atoms with van der Waals surface area (Å²) in [6, 6.07) is 12.2. The molecule has 122 valence electrons. The summed E-state index contributed by atoms with van der Waals surface area (Å²) in [6.45, 7) is 1.91. The molecule has 5 nitrogen and oxygen atoms in total. The van der Waals surface area contributed by atoms with E-state index in [1.165, 1.54) is 24.6 Å². The lowest BCUT2D eigenvalue weighted by atomic mass is 10.1. The van der Waals surface area contributed by atoms with Crippen molar-refractivity contribution in [2.24, 2.45) is 0 Å². The van der Waals surface area contributed by atoms with E-state index in [-0.39, 0.29) is 16.7 Å². The van der Waals surface area contributed by atoms with Crippen molar-refractivity contribution >= 4 is 15.7 Å². The first-order valence-corrected chi connectivity index (χ1v) is 8.77. The lowest BCUT2D eigenvalue weighted by Gasteiger charge is -2.25. The second kappa shape index (κ2) is 5.77. The number of anilines is 1. The number of methoxy groups -OCH3 is 2. The molecule has 3 rings (SSSR count). The van der Waals surface area contributed by atoms with Crippen molar-refractivity contribution in [1.29, 1.82) is 0 Å². The van der Waals surface area contributed by atoms with Gasteiger partial charge in [-0.05, 0) is 37.1 Å². The monoisotopic (exact) mass is 333 g/mol. The number of rotatable bonds is 4. The molecule has 0 aromatic heterocycles. The molecule has 0 bridgehead atoms. The highest BCUT2D eigenvalue weighted by Gasteiger charge is 2.37. The van der Waals surface area contributed by atoms with Gasteiger partial charge < -0.3 is 9.47 Å². The largest absolute Gasteiger partial charge is 0.497 e. The Balaban J connectivity index is 2.13. The summed E-state index contributed by atoms with van der Waals surface area (Å²) in [5.41, 5.74) is 1.77. The highest BCUT2D eigenvalue weighted by Crippen LogP contribution is 2.39. The molecule has 0 saturated heterocycles. The molecule has 1 aliphatic rings. The molecule has 6 heteroatoms. The van der Waals surface area contributed by atoms with Crippen LogP contribution in [-0.4, -0.2) is 28.7 Å². The van der Waals surface area contributed by atoms with Gasteiger partial charge in [-0.3, -0.25) is 4.31 Å². The molecule has 2 aromatic rings. The van der Waals surface area contributed by atoms with Gasteiger partial charge in [0.1, 0.15) is 16.4 Å². The van der Waals surface area contributed by atoms with E-state index < -0.39 is 10.0 Å². The number of hydrogen-bond acceptors (Lipinski definition) is 4. The normalized spacial score (nSPS) is 17.0. The van der Waals surface area contributed by atoms with E-state index in [1.54, 1.807) is 12.1 Å². The smallest absolute Gasteiger partial charge is 0.268 e. The Hall–Kier alpha value is -2.21. The summed E-state index contributed by atoms with van der Waals surface area (Å²) < 4.78 is 38.3. The van der Waals surface area contributed by atoms with Crippen molar-refractivity contribution in [2.45, 2.75) is 24.3 Å². The zero-order chi connectivity index (χ0) is 16.6. The third kappa shape index (κ3) is 2.53. The zero-order valence-electron chi connectivity index (χ0n) is 13.3. The molecule has 0 radical (unpaired) electrons. The van der Waals surface area contributed by atoms with Crippen molar-refractivity contribution in [3.05, 3.63) is 48.0 Å². The third-order valence-electron chi connectivity index (χ3n) is 4.05. The number of fused-ring (bicyclic) bond motifs is 1. The van der Waals surface area contributed by atoms with Gasteiger partial charge in [0.2, 0.25) is 0 Å². The maximum atomic E-state index is 13.2. The second-order valence-electron chi connectivity index (χ2n) is 5.50. The minimum atomic E-state index is -3.72. The van der Waals surface area contributed by atoms with E-state index in [9.17, 15) is 8.42 Å². The summed E-state index contributed by atoms with van der Waals surface area (Å²) in [6.07, 6.45) is 0.702. The van der Waals surface area contributed by atoms with Crippen LogP contribution in [0.25, 0.3) is 0 Å². The van der Waals surface area contributed by atoms with Gasteiger partial charge in [0.05, 0.1) is 19.9 Å². The zero-order valence-corrected chi connectivity index (χ0v) is 14.1. The van der Waals surface area contributed by atoms with Crippen molar-refractivity contribution in [3.8, 4) is 11.5 Å². The Morgan fingerprint density at radius 1 is 1.09 bits per heavy atom. The minimum Gasteiger partial charge on any atom is -0.497 e. The minimum absolute atomic E-state index is 0.135. The van der Waals surface area contributed by atoms with Gasteiger partial charge in [0.15, 0.2) is 0 Å².